The van der Waals surface area contributed by atoms with E-state index in [9.17, 15) is 0 Å². The monoisotopic (exact) mass is 243 g/mol. The van der Waals surface area contributed by atoms with Crippen LogP contribution in [0.3, 0.4) is 0 Å². The van der Waals surface area contributed by atoms with Crippen molar-refractivity contribution in [2.24, 2.45) is 0 Å². The summed E-state index contributed by atoms with van der Waals surface area (Å²) in [6, 6.07) is 6.10. The number of rotatable bonds is 5. The molecule has 0 saturated heterocycles. The van der Waals surface area contributed by atoms with Crippen molar-refractivity contribution < 1.29 is 0 Å². The van der Waals surface area contributed by atoms with Crippen LogP contribution >= 0.6 is 0 Å². The van der Waals surface area contributed by atoms with Crippen LogP contribution in [0.1, 0.15) is 26.7 Å². The van der Waals surface area contributed by atoms with Gasteiger partial charge in [-0.1, -0.05) is 13.8 Å². The van der Waals surface area contributed by atoms with Gasteiger partial charge in [0.15, 0.2) is 0 Å². The molecule has 0 radical (unpaired) electrons. The van der Waals surface area contributed by atoms with Crippen LogP contribution in [0.25, 0.3) is 10.8 Å². The van der Waals surface area contributed by atoms with Crippen molar-refractivity contribution in [2.45, 2.75) is 26.7 Å². The molecule has 0 spiro atoms. The maximum Gasteiger partial charge on any atom is 0.0463 e. The Morgan fingerprint density at radius 3 is 2.44 bits per heavy atom. The summed E-state index contributed by atoms with van der Waals surface area (Å²) in [7, 11) is 0. The average molecular weight is 243 g/mol. The molecule has 0 aliphatic heterocycles. The summed E-state index contributed by atoms with van der Waals surface area (Å²) < 4.78 is 0. The first-order chi connectivity index (χ1) is 8.77. The fraction of sp³-hybridized carbons (Fsp3) is 0.400. The van der Waals surface area contributed by atoms with Crippen molar-refractivity contribution in [3.05, 3.63) is 30.6 Å². The van der Waals surface area contributed by atoms with Gasteiger partial charge in [-0.15, -0.1) is 0 Å². The molecule has 0 saturated carbocycles. The summed E-state index contributed by atoms with van der Waals surface area (Å²) in [6.45, 7) is 6.56. The molecule has 1 aromatic carbocycles. The standard InChI is InChI=1S/C15H21N3/c1-3-9-18(10-4-2)15-6-5-14(16)12-7-8-17-11-13(12)15/h5-8,11H,3-4,9-10,16H2,1-2H3. The molecule has 0 bridgehead atoms. The first-order valence-electron chi connectivity index (χ1n) is 6.65. The van der Waals surface area contributed by atoms with Gasteiger partial charge in [-0.25, -0.2) is 0 Å². The smallest absolute Gasteiger partial charge is 0.0463 e. The number of anilines is 2. The molecule has 3 nitrogen and oxygen atoms in total. The van der Waals surface area contributed by atoms with Gasteiger partial charge in [0, 0.05) is 47.6 Å². The van der Waals surface area contributed by atoms with Gasteiger partial charge in [0.25, 0.3) is 0 Å². The van der Waals surface area contributed by atoms with E-state index in [1.807, 2.05) is 18.3 Å². The second-order valence-corrected chi connectivity index (χ2v) is 4.58. The SMILES string of the molecule is CCCN(CCC)c1ccc(N)c2ccncc12. The van der Waals surface area contributed by atoms with E-state index < -0.39 is 0 Å². The molecule has 0 unspecified atom stereocenters. The summed E-state index contributed by atoms with van der Waals surface area (Å²) >= 11 is 0. The lowest BCUT2D eigenvalue weighted by atomic mass is 10.1. The third kappa shape index (κ3) is 2.40. The second kappa shape index (κ2) is 5.71. The third-order valence-electron chi connectivity index (χ3n) is 3.16. The minimum absolute atomic E-state index is 0.823. The highest BCUT2D eigenvalue weighted by Gasteiger charge is 2.10. The van der Waals surface area contributed by atoms with E-state index in [1.165, 1.54) is 5.69 Å². The Balaban J connectivity index is 2.52. The van der Waals surface area contributed by atoms with E-state index in [0.29, 0.717) is 0 Å². The van der Waals surface area contributed by atoms with Crippen molar-refractivity contribution in [3.8, 4) is 0 Å². The highest BCUT2D eigenvalue weighted by atomic mass is 15.1. The van der Waals surface area contributed by atoms with Gasteiger partial charge >= 0.3 is 0 Å². The van der Waals surface area contributed by atoms with Gasteiger partial charge in [0.2, 0.25) is 0 Å². The number of hydrogen-bond acceptors (Lipinski definition) is 3. The lowest BCUT2D eigenvalue weighted by Crippen LogP contribution is -2.25. The van der Waals surface area contributed by atoms with Crippen molar-refractivity contribution in [1.82, 2.24) is 4.98 Å². The molecular weight excluding hydrogens is 222 g/mol. The van der Waals surface area contributed by atoms with Crippen molar-refractivity contribution in [3.63, 3.8) is 0 Å². The minimum Gasteiger partial charge on any atom is -0.398 e. The largest absolute Gasteiger partial charge is 0.398 e. The molecule has 2 N–H and O–H groups in total. The molecule has 2 aromatic rings. The average Bonchev–Trinajstić information content (AvgIpc) is 2.39. The molecule has 3 heteroatoms. The molecule has 1 heterocycles. The Labute approximate surface area is 109 Å². The molecule has 0 aliphatic carbocycles. The second-order valence-electron chi connectivity index (χ2n) is 4.58. The Kier molecular flexibility index (Phi) is 4.03. The van der Waals surface area contributed by atoms with Gasteiger partial charge in [0.05, 0.1) is 0 Å². The van der Waals surface area contributed by atoms with Crippen LogP contribution in [-0.2, 0) is 0 Å². The van der Waals surface area contributed by atoms with Gasteiger partial charge in [0.1, 0.15) is 0 Å². The zero-order valence-corrected chi connectivity index (χ0v) is 11.2. The maximum absolute atomic E-state index is 6.03. The van der Waals surface area contributed by atoms with E-state index in [0.717, 1.165) is 42.4 Å². The number of nitrogens with two attached hydrogens (primary N) is 1. The van der Waals surface area contributed by atoms with Crippen LogP contribution < -0.4 is 10.6 Å². The van der Waals surface area contributed by atoms with E-state index in [2.05, 4.69) is 29.8 Å². The summed E-state index contributed by atoms with van der Waals surface area (Å²) in [5, 5.41) is 2.25. The lowest BCUT2D eigenvalue weighted by molar-refractivity contribution is 0.747. The predicted octanol–water partition coefficient (Wildman–Crippen LogP) is 3.44. The van der Waals surface area contributed by atoms with Gasteiger partial charge < -0.3 is 10.6 Å². The Morgan fingerprint density at radius 2 is 1.78 bits per heavy atom. The topological polar surface area (TPSA) is 42.1 Å². The number of nitrogen functional groups attached to an aromatic ring is 1. The zero-order valence-electron chi connectivity index (χ0n) is 11.2. The highest BCUT2D eigenvalue weighted by molar-refractivity contribution is 6.00. The Bertz CT molecular complexity index is 516. The molecule has 0 amide bonds. The fourth-order valence-corrected chi connectivity index (χ4v) is 2.37. The number of nitrogens with zero attached hydrogens (tertiary/aromatic N) is 2. The fourth-order valence-electron chi connectivity index (χ4n) is 2.37. The van der Waals surface area contributed by atoms with Crippen LogP contribution in [0, 0.1) is 0 Å². The quantitative estimate of drug-likeness (QED) is 0.818. The first kappa shape index (κ1) is 12.7. The number of pyridine rings is 1. The van der Waals surface area contributed by atoms with Crippen LogP contribution in [0.15, 0.2) is 30.6 Å². The Morgan fingerprint density at radius 1 is 1.06 bits per heavy atom. The lowest BCUT2D eigenvalue weighted by Gasteiger charge is -2.25. The zero-order chi connectivity index (χ0) is 13.0. The molecule has 18 heavy (non-hydrogen) atoms. The molecular formula is C15H21N3. The summed E-state index contributed by atoms with van der Waals surface area (Å²) in [6.07, 6.45) is 6.00. The predicted molar refractivity (Wildman–Crippen MR) is 79.0 cm³/mol. The normalized spacial score (nSPS) is 10.8. The van der Waals surface area contributed by atoms with Gasteiger partial charge in [-0.2, -0.15) is 0 Å². The van der Waals surface area contributed by atoms with Crippen molar-refractivity contribution in [2.75, 3.05) is 23.7 Å². The highest BCUT2D eigenvalue weighted by Crippen LogP contribution is 2.30. The van der Waals surface area contributed by atoms with E-state index in [1.54, 1.807) is 6.20 Å². The van der Waals surface area contributed by atoms with Crippen molar-refractivity contribution in [1.29, 1.82) is 0 Å². The van der Waals surface area contributed by atoms with Crippen LogP contribution in [0.4, 0.5) is 11.4 Å². The third-order valence-corrected chi connectivity index (χ3v) is 3.16. The molecule has 0 fully saturated rings. The number of fused-ring (bicyclic) bond motifs is 1. The van der Waals surface area contributed by atoms with Crippen LogP contribution in [0.2, 0.25) is 0 Å². The first-order valence-corrected chi connectivity index (χ1v) is 6.65. The number of aromatic nitrogens is 1. The molecule has 2 rings (SSSR count). The van der Waals surface area contributed by atoms with Crippen LogP contribution in [0.5, 0.6) is 0 Å². The maximum atomic E-state index is 6.03. The summed E-state index contributed by atoms with van der Waals surface area (Å²) in [4.78, 5) is 6.66. The number of benzene rings is 1. The van der Waals surface area contributed by atoms with Crippen molar-refractivity contribution >= 4 is 22.1 Å². The summed E-state index contributed by atoms with van der Waals surface area (Å²) in [5.74, 6) is 0. The number of hydrogen-bond donors (Lipinski definition) is 1. The van der Waals surface area contributed by atoms with E-state index in [4.69, 9.17) is 5.73 Å². The molecule has 96 valence electrons. The van der Waals surface area contributed by atoms with E-state index >= 15 is 0 Å². The van der Waals surface area contributed by atoms with Crippen LogP contribution in [-0.4, -0.2) is 18.1 Å². The van der Waals surface area contributed by atoms with Gasteiger partial charge in [-0.3, -0.25) is 4.98 Å². The minimum atomic E-state index is 0.823. The van der Waals surface area contributed by atoms with Gasteiger partial charge in [-0.05, 0) is 31.0 Å². The summed E-state index contributed by atoms with van der Waals surface area (Å²) in [5.41, 5.74) is 8.10. The van der Waals surface area contributed by atoms with E-state index in [-0.39, 0.29) is 0 Å². The Hall–Kier alpha value is -1.77. The molecule has 1 aromatic heterocycles. The molecule has 0 aliphatic rings. The molecule has 0 atom stereocenters.